The molecule has 0 aliphatic rings. The molecule has 1 N–H and O–H groups in total. The van der Waals surface area contributed by atoms with E-state index in [0.717, 1.165) is 0 Å². The van der Waals surface area contributed by atoms with Gasteiger partial charge < -0.3 is 15.2 Å². The summed E-state index contributed by atoms with van der Waals surface area (Å²) < 4.78 is 25.0. The van der Waals surface area contributed by atoms with Crippen LogP contribution in [0.5, 0.6) is 0 Å². The maximum atomic E-state index is 12.5. The molecule has 7 heteroatoms. The van der Waals surface area contributed by atoms with Crippen molar-refractivity contribution in [1.29, 1.82) is 0 Å². The summed E-state index contributed by atoms with van der Waals surface area (Å²) in [6.45, 7) is 0.723. The van der Waals surface area contributed by atoms with Gasteiger partial charge in [-0.15, -0.1) is 0 Å². The molecular weight excluding hydrogens is 210 g/mol. The largest absolute Gasteiger partial charge is 0.392 e. The molecule has 1 aromatic heterocycles. The first-order chi connectivity index (χ1) is 6.97. The summed E-state index contributed by atoms with van der Waals surface area (Å²) in [4.78, 5) is 13.0. The summed E-state index contributed by atoms with van der Waals surface area (Å²) in [6.07, 6.45) is -2.87. The van der Waals surface area contributed by atoms with Gasteiger partial charge in [0.1, 0.15) is 0 Å². The van der Waals surface area contributed by atoms with Crippen molar-refractivity contribution >= 4 is 5.82 Å². The minimum Gasteiger partial charge on any atom is -0.392 e. The molecule has 0 fully saturated rings. The zero-order valence-electron chi connectivity index (χ0n) is 7.78. The number of hydrogen-bond donors (Lipinski definition) is 1. The summed E-state index contributed by atoms with van der Waals surface area (Å²) in [7, 11) is 0. The van der Waals surface area contributed by atoms with Crippen molar-refractivity contribution < 1.29 is 18.8 Å². The third-order valence-electron chi connectivity index (χ3n) is 1.93. The molecule has 0 atom stereocenters. The normalized spacial score (nSPS) is 10.7. The fourth-order valence-corrected chi connectivity index (χ4v) is 1.20. The Kier molecular flexibility index (Phi) is 3.25. The smallest absolute Gasteiger partial charge is 0.364 e. The molecule has 0 unspecified atom stereocenters. The monoisotopic (exact) mass is 218 g/mol. The second-order valence-electron chi connectivity index (χ2n) is 2.85. The summed E-state index contributed by atoms with van der Waals surface area (Å²) in [6, 6.07) is 0.684. The SMILES string of the molecule is Cc1nc([N+](=O)[O-])cc(C(F)F)c1CO. The van der Waals surface area contributed by atoms with Gasteiger partial charge in [0.05, 0.1) is 6.61 Å². The Morgan fingerprint density at radius 2 is 2.27 bits per heavy atom. The lowest BCUT2D eigenvalue weighted by atomic mass is 10.1. The number of halogens is 2. The Bertz CT molecular complexity index is 396. The van der Waals surface area contributed by atoms with Crippen LogP contribution in [0.15, 0.2) is 6.07 Å². The Morgan fingerprint density at radius 3 is 2.67 bits per heavy atom. The molecular formula is C8H8F2N2O3. The minimum atomic E-state index is -2.87. The van der Waals surface area contributed by atoms with Gasteiger partial charge in [-0.1, -0.05) is 0 Å². The number of nitrogens with zero attached hydrogens (tertiary/aromatic N) is 2. The van der Waals surface area contributed by atoms with Crippen LogP contribution in [0.2, 0.25) is 0 Å². The van der Waals surface area contributed by atoms with Crippen LogP contribution < -0.4 is 0 Å². The molecule has 82 valence electrons. The van der Waals surface area contributed by atoms with Crippen LogP contribution >= 0.6 is 0 Å². The number of pyridine rings is 1. The van der Waals surface area contributed by atoms with Gasteiger partial charge in [0.15, 0.2) is 5.69 Å². The van der Waals surface area contributed by atoms with E-state index in [-0.39, 0.29) is 11.3 Å². The van der Waals surface area contributed by atoms with Gasteiger partial charge in [-0.3, -0.25) is 0 Å². The summed E-state index contributed by atoms with van der Waals surface area (Å²) in [5.74, 6) is -0.639. The van der Waals surface area contributed by atoms with Gasteiger partial charge in [0, 0.05) is 24.1 Å². The highest BCUT2D eigenvalue weighted by atomic mass is 19.3. The highest BCUT2D eigenvalue weighted by Gasteiger charge is 2.22. The predicted octanol–water partition coefficient (Wildman–Crippen LogP) is 1.73. The van der Waals surface area contributed by atoms with Crippen LogP contribution in [0, 0.1) is 17.0 Å². The number of aliphatic hydroxyl groups excluding tert-OH is 1. The van der Waals surface area contributed by atoms with E-state index in [4.69, 9.17) is 5.11 Å². The molecule has 0 radical (unpaired) electrons. The van der Waals surface area contributed by atoms with Gasteiger partial charge in [0.2, 0.25) is 0 Å². The van der Waals surface area contributed by atoms with Crippen molar-refractivity contribution in [1.82, 2.24) is 4.98 Å². The second kappa shape index (κ2) is 4.26. The van der Waals surface area contributed by atoms with E-state index in [1.807, 2.05) is 0 Å². The first kappa shape index (κ1) is 11.4. The maximum Gasteiger partial charge on any atom is 0.364 e. The Morgan fingerprint density at radius 1 is 1.67 bits per heavy atom. The number of aryl methyl sites for hydroxylation is 1. The number of rotatable bonds is 3. The van der Waals surface area contributed by atoms with E-state index in [0.29, 0.717) is 6.07 Å². The molecule has 1 aromatic rings. The van der Waals surface area contributed by atoms with E-state index in [1.165, 1.54) is 6.92 Å². The number of aliphatic hydroxyl groups is 1. The fourth-order valence-electron chi connectivity index (χ4n) is 1.20. The molecule has 5 nitrogen and oxygen atoms in total. The van der Waals surface area contributed by atoms with E-state index < -0.39 is 29.3 Å². The zero-order chi connectivity index (χ0) is 11.6. The predicted molar refractivity (Wildman–Crippen MR) is 46.5 cm³/mol. The average molecular weight is 218 g/mol. The molecule has 15 heavy (non-hydrogen) atoms. The van der Waals surface area contributed by atoms with Gasteiger partial charge in [-0.25, -0.2) is 8.78 Å². The van der Waals surface area contributed by atoms with Crippen molar-refractivity contribution in [3.63, 3.8) is 0 Å². The van der Waals surface area contributed by atoms with Crippen LogP contribution in [-0.4, -0.2) is 15.0 Å². The average Bonchev–Trinajstić information content (AvgIpc) is 2.16. The molecule has 0 saturated heterocycles. The lowest BCUT2D eigenvalue weighted by Crippen LogP contribution is -2.04. The third kappa shape index (κ3) is 2.24. The highest BCUT2D eigenvalue weighted by molar-refractivity contribution is 5.37. The van der Waals surface area contributed by atoms with Gasteiger partial charge in [-0.2, -0.15) is 0 Å². The third-order valence-corrected chi connectivity index (χ3v) is 1.93. The van der Waals surface area contributed by atoms with E-state index >= 15 is 0 Å². The molecule has 0 aromatic carbocycles. The summed E-state index contributed by atoms with van der Waals surface area (Å²) >= 11 is 0. The number of hydrogen-bond acceptors (Lipinski definition) is 4. The number of nitro groups is 1. The molecule has 0 aliphatic heterocycles. The molecule has 0 bridgehead atoms. The Hall–Kier alpha value is -1.63. The molecule has 0 spiro atoms. The lowest BCUT2D eigenvalue weighted by molar-refractivity contribution is -0.389. The van der Waals surface area contributed by atoms with Crippen LogP contribution in [0.1, 0.15) is 23.2 Å². The van der Waals surface area contributed by atoms with E-state index in [1.54, 1.807) is 0 Å². The number of alkyl halides is 2. The second-order valence-corrected chi connectivity index (χ2v) is 2.85. The van der Waals surface area contributed by atoms with Crippen molar-refractivity contribution in [2.75, 3.05) is 0 Å². The van der Waals surface area contributed by atoms with Crippen molar-refractivity contribution in [2.24, 2.45) is 0 Å². The fraction of sp³-hybridized carbons (Fsp3) is 0.375. The standard InChI is InChI=1S/C8H8F2N2O3/c1-4-6(3-13)5(8(9)10)2-7(11-4)12(14)15/h2,8,13H,3H2,1H3. The van der Waals surface area contributed by atoms with Crippen LogP contribution in [0.3, 0.4) is 0 Å². The quantitative estimate of drug-likeness (QED) is 0.619. The van der Waals surface area contributed by atoms with Gasteiger partial charge in [-0.05, 0) is 9.91 Å². The molecule has 1 heterocycles. The maximum absolute atomic E-state index is 12.5. The Balaban J connectivity index is 3.38. The van der Waals surface area contributed by atoms with Crippen molar-refractivity contribution in [3.8, 4) is 0 Å². The Labute approximate surface area is 83.5 Å². The van der Waals surface area contributed by atoms with Crippen molar-refractivity contribution in [3.05, 3.63) is 33.0 Å². The zero-order valence-corrected chi connectivity index (χ0v) is 7.78. The van der Waals surface area contributed by atoms with Crippen LogP contribution in [0.25, 0.3) is 0 Å². The first-order valence-corrected chi connectivity index (χ1v) is 4.01. The molecule has 1 rings (SSSR count). The van der Waals surface area contributed by atoms with E-state index in [9.17, 15) is 18.9 Å². The van der Waals surface area contributed by atoms with Crippen molar-refractivity contribution in [2.45, 2.75) is 20.0 Å². The van der Waals surface area contributed by atoms with Gasteiger partial charge >= 0.3 is 5.82 Å². The number of aromatic nitrogens is 1. The molecule has 0 saturated carbocycles. The highest BCUT2D eigenvalue weighted by Crippen LogP contribution is 2.27. The van der Waals surface area contributed by atoms with Gasteiger partial charge in [0.25, 0.3) is 6.43 Å². The topological polar surface area (TPSA) is 76.3 Å². The minimum absolute atomic E-state index is 0.0435. The van der Waals surface area contributed by atoms with Crippen LogP contribution in [0.4, 0.5) is 14.6 Å². The molecule has 0 amide bonds. The molecule has 0 aliphatic carbocycles. The van der Waals surface area contributed by atoms with E-state index in [2.05, 4.69) is 4.98 Å². The summed E-state index contributed by atoms with van der Waals surface area (Å²) in [5, 5.41) is 19.2. The summed E-state index contributed by atoms with van der Waals surface area (Å²) in [5.41, 5.74) is -0.561. The first-order valence-electron chi connectivity index (χ1n) is 4.01. The lowest BCUT2D eigenvalue weighted by Gasteiger charge is -2.06. The van der Waals surface area contributed by atoms with Crippen LogP contribution in [-0.2, 0) is 6.61 Å².